The number of benzene rings is 1. The third-order valence-electron chi connectivity index (χ3n) is 3.99. The van der Waals surface area contributed by atoms with Crippen molar-refractivity contribution in [1.82, 2.24) is 0 Å². The molecule has 5 heteroatoms. The first kappa shape index (κ1) is 20.3. The van der Waals surface area contributed by atoms with Crippen molar-refractivity contribution < 1.29 is 19.4 Å². The first-order valence-corrected chi connectivity index (χ1v) is 8.70. The zero-order valence-electron chi connectivity index (χ0n) is 15.3. The molecule has 5 nitrogen and oxygen atoms in total. The second-order valence-corrected chi connectivity index (χ2v) is 6.60. The number of aryl methyl sites for hydroxylation is 1. The quantitative estimate of drug-likeness (QED) is 0.644. The lowest BCUT2D eigenvalue weighted by Crippen LogP contribution is -2.46. The fourth-order valence-corrected chi connectivity index (χ4v) is 2.84. The Kier molecular flexibility index (Phi) is 8.05. The van der Waals surface area contributed by atoms with Crippen LogP contribution in [0.1, 0.15) is 52.5 Å². The summed E-state index contributed by atoms with van der Waals surface area (Å²) in [5, 5.41) is 9.10. The maximum Gasteiger partial charge on any atom is 0.323 e. The molecule has 0 fully saturated rings. The Morgan fingerprint density at radius 2 is 1.75 bits per heavy atom. The lowest BCUT2D eigenvalue weighted by molar-refractivity contribution is -0.143. The molecule has 0 spiro atoms. The molecule has 0 amide bonds. The number of hydrogen-bond acceptors (Lipinski definition) is 4. The van der Waals surface area contributed by atoms with Gasteiger partial charge in [-0.25, -0.2) is 0 Å². The van der Waals surface area contributed by atoms with Gasteiger partial charge in [0.05, 0.1) is 13.2 Å². The van der Waals surface area contributed by atoms with Crippen LogP contribution >= 0.6 is 0 Å². The number of hydrogen-bond donors (Lipinski definition) is 2. The zero-order chi connectivity index (χ0) is 18.2. The molecule has 0 saturated carbocycles. The van der Waals surface area contributed by atoms with Gasteiger partial charge >= 0.3 is 5.97 Å². The first-order chi connectivity index (χ1) is 11.3. The smallest absolute Gasteiger partial charge is 0.323 e. The van der Waals surface area contributed by atoms with Crippen LogP contribution in [0, 0.1) is 5.92 Å². The highest BCUT2D eigenvalue weighted by molar-refractivity contribution is 5.77. The van der Waals surface area contributed by atoms with Gasteiger partial charge in [0.1, 0.15) is 17.0 Å². The summed E-state index contributed by atoms with van der Waals surface area (Å²) in [5.41, 5.74) is 5.83. The minimum absolute atomic E-state index is 0.262. The Morgan fingerprint density at radius 1 is 1.21 bits per heavy atom. The van der Waals surface area contributed by atoms with Gasteiger partial charge in [-0.05, 0) is 63.6 Å². The van der Waals surface area contributed by atoms with E-state index in [0.717, 1.165) is 30.8 Å². The van der Waals surface area contributed by atoms with E-state index in [1.807, 2.05) is 32.0 Å². The summed E-state index contributed by atoms with van der Waals surface area (Å²) in [7, 11) is 0. The molecule has 1 aromatic carbocycles. The molecule has 0 aliphatic rings. The van der Waals surface area contributed by atoms with E-state index in [2.05, 4.69) is 6.92 Å². The summed E-state index contributed by atoms with van der Waals surface area (Å²) >= 11 is 0. The average Bonchev–Trinajstić information content (AvgIpc) is 2.47. The fourth-order valence-electron chi connectivity index (χ4n) is 2.84. The third kappa shape index (κ3) is 6.79. The molecule has 2 unspecified atom stereocenters. The van der Waals surface area contributed by atoms with Gasteiger partial charge in [-0.1, -0.05) is 13.3 Å². The van der Waals surface area contributed by atoms with Gasteiger partial charge in [0.25, 0.3) is 0 Å². The Hall–Kier alpha value is -1.75. The molecule has 0 saturated heterocycles. The molecule has 2 atom stereocenters. The Labute approximate surface area is 145 Å². The van der Waals surface area contributed by atoms with Crippen molar-refractivity contribution in [3.8, 4) is 11.5 Å². The Morgan fingerprint density at radius 3 is 2.21 bits per heavy atom. The summed E-state index contributed by atoms with van der Waals surface area (Å²) in [6, 6.07) is 5.99. The molecule has 1 aromatic rings. The molecule has 1 rings (SSSR count). The van der Waals surface area contributed by atoms with Crippen LogP contribution in [0.25, 0.3) is 0 Å². The van der Waals surface area contributed by atoms with Crippen LogP contribution in [0.3, 0.4) is 0 Å². The van der Waals surface area contributed by atoms with Gasteiger partial charge in [0.2, 0.25) is 0 Å². The van der Waals surface area contributed by atoms with Gasteiger partial charge in [0, 0.05) is 6.07 Å². The first-order valence-electron chi connectivity index (χ1n) is 8.70. The van der Waals surface area contributed by atoms with E-state index in [1.165, 1.54) is 5.56 Å². The highest BCUT2D eigenvalue weighted by Gasteiger charge is 2.29. The maximum absolute atomic E-state index is 11.1. The van der Waals surface area contributed by atoms with Crippen LogP contribution in [-0.4, -0.2) is 29.8 Å². The number of carboxylic acid groups (broad SMARTS) is 1. The molecule has 0 aromatic heterocycles. The predicted molar refractivity (Wildman–Crippen MR) is 95.7 cm³/mol. The van der Waals surface area contributed by atoms with E-state index in [0.29, 0.717) is 19.6 Å². The van der Waals surface area contributed by atoms with Crippen LogP contribution in [0.2, 0.25) is 0 Å². The lowest BCUT2D eigenvalue weighted by atomic mass is 9.87. The van der Waals surface area contributed by atoms with Gasteiger partial charge < -0.3 is 20.3 Å². The average molecular weight is 337 g/mol. The second kappa shape index (κ2) is 9.52. The molecule has 24 heavy (non-hydrogen) atoms. The van der Waals surface area contributed by atoms with Crippen molar-refractivity contribution in [1.29, 1.82) is 0 Å². The topological polar surface area (TPSA) is 81.8 Å². The lowest BCUT2D eigenvalue weighted by Gasteiger charge is -2.23. The number of aliphatic carboxylic acids is 1. The van der Waals surface area contributed by atoms with Crippen LogP contribution in [0.15, 0.2) is 18.2 Å². The molecule has 0 radical (unpaired) electrons. The number of carboxylic acids is 1. The number of carbonyl (C=O) groups is 1. The van der Waals surface area contributed by atoms with E-state index in [9.17, 15) is 4.79 Å². The fraction of sp³-hybridized carbons (Fsp3) is 0.632. The Balaban J connectivity index is 2.58. The van der Waals surface area contributed by atoms with Crippen LogP contribution < -0.4 is 15.2 Å². The van der Waals surface area contributed by atoms with Gasteiger partial charge in [-0.15, -0.1) is 0 Å². The van der Waals surface area contributed by atoms with Crippen molar-refractivity contribution >= 4 is 5.97 Å². The van der Waals surface area contributed by atoms with Crippen LogP contribution in [-0.2, 0) is 11.2 Å². The van der Waals surface area contributed by atoms with Crippen molar-refractivity contribution in [2.24, 2.45) is 11.7 Å². The van der Waals surface area contributed by atoms with E-state index in [-0.39, 0.29) is 5.92 Å². The van der Waals surface area contributed by atoms with Crippen LogP contribution in [0.5, 0.6) is 11.5 Å². The van der Waals surface area contributed by atoms with Gasteiger partial charge in [-0.2, -0.15) is 0 Å². The zero-order valence-corrected chi connectivity index (χ0v) is 15.3. The number of nitrogens with two attached hydrogens (primary N) is 1. The molecule has 0 bridgehead atoms. The van der Waals surface area contributed by atoms with Crippen molar-refractivity contribution in [3.63, 3.8) is 0 Å². The normalized spacial score (nSPS) is 14.7. The third-order valence-corrected chi connectivity index (χ3v) is 3.99. The summed E-state index contributed by atoms with van der Waals surface area (Å²) in [6.45, 7) is 8.79. The minimum atomic E-state index is -1.16. The summed E-state index contributed by atoms with van der Waals surface area (Å²) in [6.07, 6.45) is 3.28. The summed E-state index contributed by atoms with van der Waals surface area (Å²) < 4.78 is 11.2. The molecule has 136 valence electrons. The molecule has 0 aliphatic heterocycles. The van der Waals surface area contributed by atoms with E-state index in [4.69, 9.17) is 20.3 Å². The predicted octanol–water partition coefficient (Wildman–Crippen LogP) is 3.63. The van der Waals surface area contributed by atoms with E-state index >= 15 is 0 Å². The minimum Gasteiger partial charge on any atom is -0.494 e. The molecular formula is C19H31NO4. The largest absolute Gasteiger partial charge is 0.494 e. The van der Waals surface area contributed by atoms with Gasteiger partial charge in [0.15, 0.2) is 0 Å². The van der Waals surface area contributed by atoms with Crippen molar-refractivity contribution in [2.45, 2.75) is 58.9 Å². The monoisotopic (exact) mass is 337 g/mol. The maximum atomic E-state index is 11.1. The number of rotatable bonds is 11. The molecule has 0 heterocycles. The van der Waals surface area contributed by atoms with Gasteiger partial charge in [-0.3, -0.25) is 4.79 Å². The van der Waals surface area contributed by atoms with Crippen LogP contribution in [0.4, 0.5) is 0 Å². The summed E-state index contributed by atoms with van der Waals surface area (Å²) in [4.78, 5) is 11.1. The Bertz CT molecular complexity index is 504. The molecular weight excluding hydrogens is 306 g/mol. The summed E-state index contributed by atoms with van der Waals surface area (Å²) in [5.74, 6) is 0.969. The van der Waals surface area contributed by atoms with Crippen molar-refractivity contribution in [2.75, 3.05) is 13.2 Å². The van der Waals surface area contributed by atoms with Crippen molar-refractivity contribution in [3.05, 3.63) is 23.8 Å². The highest BCUT2D eigenvalue weighted by atomic mass is 16.5. The standard InChI is InChI=1S/C19H31NO4/c1-5-23-16-10-15(11-17(12-16)24-6-2)9-7-8-14(3)13-19(4,20)18(21)22/h10-12,14H,5-9,13,20H2,1-4H3,(H,21,22). The second-order valence-electron chi connectivity index (χ2n) is 6.60. The SMILES string of the molecule is CCOc1cc(CCCC(C)CC(C)(N)C(=O)O)cc(OCC)c1. The van der Waals surface area contributed by atoms with E-state index < -0.39 is 11.5 Å². The molecule has 3 N–H and O–H groups in total. The highest BCUT2D eigenvalue weighted by Crippen LogP contribution is 2.25. The van der Waals surface area contributed by atoms with E-state index in [1.54, 1.807) is 6.92 Å². The number of ether oxygens (including phenoxy) is 2. The molecule has 0 aliphatic carbocycles.